The highest BCUT2D eigenvalue weighted by Gasteiger charge is 2.27. The summed E-state index contributed by atoms with van der Waals surface area (Å²) in [6.07, 6.45) is 6.39. The molecule has 1 unspecified atom stereocenters. The van der Waals surface area contributed by atoms with E-state index in [1.807, 2.05) is 29.2 Å². The molecular formula is C23H29N3O3. The molecule has 1 aromatic carbocycles. The Morgan fingerprint density at radius 2 is 2.10 bits per heavy atom. The van der Waals surface area contributed by atoms with Crippen LogP contribution in [0.25, 0.3) is 0 Å². The number of amides is 2. The first-order valence-electron chi connectivity index (χ1n) is 10.3. The average Bonchev–Trinajstić information content (AvgIpc) is 2.78. The van der Waals surface area contributed by atoms with E-state index in [9.17, 15) is 9.59 Å². The topological polar surface area (TPSA) is 71.5 Å². The number of pyridine rings is 1. The maximum atomic E-state index is 12.9. The van der Waals surface area contributed by atoms with Gasteiger partial charge in [-0.25, -0.2) is 0 Å². The zero-order valence-electron chi connectivity index (χ0n) is 17.2. The number of piperidine rings is 1. The van der Waals surface area contributed by atoms with Crippen molar-refractivity contribution in [3.63, 3.8) is 0 Å². The first-order valence-corrected chi connectivity index (χ1v) is 10.3. The minimum Gasteiger partial charge on any atom is -0.497 e. The molecule has 0 bridgehead atoms. The van der Waals surface area contributed by atoms with Crippen LogP contribution in [0.4, 0.5) is 0 Å². The Morgan fingerprint density at radius 1 is 1.24 bits per heavy atom. The van der Waals surface area contributed by atoms with E-state index in [-0.39, 0.29) is 17.9 Å². The third-order valence-corrected chi connectivity index (χ3v) is 5.43. The summed E-state index contributed by atoms with van der Waals surface area (Å²) in [5.74, 6) is 0.520. The van der Waals surface area contributed by atoms with Crippen molar-refractivity contribution in [1.29, 1.82) is 0 Å². The Labute approximate surface area is 172 Å². The summed E-state index contributed by atoms with van der Waals surface area (Å²) in [6, 6.07) is 11.3. The second kappa shape index (κ2) is 10.0. The fraction of sp³-hybridized carbons (Fsp3) is 0.435. The summed E-state index contributed by atoms with van der Waals surface area (Å²) in [4.78, 5) is 31.6. The molecule has 154 valence electrons. The smallest absolute Gasteiger partial charge is 0.272 e. The van der Waals surface area contributed by atoms with E-state index in [0.29, 0.717) is 24.2 Å². The van der Waals surface area contributed by atoms with Gasteiger partial charge in [-0.3, -0.25) is 14.6 Å². The fourth-order valence-corrected chi connectivity index (χ4v) is 3.78. The predicted octanol–water partition coefficient (Wildman–Crippen LogP) is 3.47. The third kappa shape index (κ3) is 5.34. The first-order chi connectivity index (χ1) is 14.1. The summed E-state index contributed by atoms with van der Waals surface area (Å²) >= 11 is 0. The molecular weight excluding hydrogens is 366 g/mol. The number of nitrogens with zero attached hydrogens (tertiary/aromatic N) is 2. The molecule has 0 spiro atoms. The van der Waals surface area contributed by atoms with Gasteiger partial charge >= 0.3 is 0 Å². The Hall–Kier alpha value is -2.89. The number of rotatable bonds is 7. The zero-order valence-corrected chi connectivity index (χ0v) is 17.2. The highest BCUT2D eigenvalue weighted by molar-refractivity contribution is 5.98. The van der Waals surface area contributed by atoms with Gasteiger partial charge in [0.05, 0.1) is 7.11 Å². The van der Waals surface area contributed by atoms with Crippen molar-refractivity contribution in [3.8, 4) is 5.75 Å². The molecule has 1 aliphatic rings. The van der Waals surface area contributed by atoms with E-state index in [4.69, 9.17) is 4.74 Å². The van der Waals surface area contributed by atoms with E-state index in [1.54, 1.807) is 19.2 Å². The maximum Gasteiger partial charge on any atom is 0.272 e. The van der Waals surface area contributed by atoms with Gasteiger partial charge < -0.3 is 15.0 Å². The number of methoxy groups -OCH3 is 1. The quantitative estimate of drug-likeness (QED) is 0.779. The molecule has 1 saturated heterocycles. The molecule has 1 atom stereocenters. The van der Waals surface area contributed by atoms with Gasteiger partial charge in [-0.1, -0.05) is 19.1 Å². The Bertz CT molecular complexity index is 853. The van der Waals surface area contributed by atoms with Crippen LogP contribution in [0.5, 0.6) is 5.75 Å². The van der Waals surface area contributed by atoms with Crippen LogP contribution in [0.1, 0.15) is 59.0 Å². The number of benzene rings is 1. The molecule has 1 aliphatic heterocycles. The van der Waals surface area contributed by atoms with Crippen molar-refractivity contribution in [2.75, 3.05) is 20.2 Å². The van der Waals surface area contributed by atoms with Crippen molar-refractivity contribution in [1.82, 2.24) is 15.2 Å². The lowest BCUT2D eigenvalue weighted by Crippen LogP contribution is -2.43. The van der Waals surface area contributed by atoms with E-state index < -0.39 is 0 Å². The van der Waals surface area contributed by atoms with Crippen LogP contribution in [0.3, 0.4) is 0 Å². The average molecular weight is 396 g/mol. The summed E-state index contributed by atoms with van der Waals surface area (Å²) < 4.78 is 5.22. The van der Waals surface area contributed by atoms with Gasteiger partial charge in [-0.05, 0) is 61.9 Å². The number of hydrogen-bond acceptors (Lipinski definition) is 4. The molecule has 3 rings (SSSR count). The minimum absolute atomic E-state index is 0.0809. The number of aromatic nitrogens is 1. The highest BCUT2D eigenvalue weighted by Crippen LogP contribution is 2.21. The molecule has 2 amide bonds. The summed E-state index contributed by atoms with van der Waals surface area (Å²) in [5.41, 5.74) is 1.88. The zero-order chi connectivity index (χ0) is 20.6. The molecule has 1 aromatic heterocycles. The van der Waals surface area contributed by atoms with Gasteiger partial charge in [0.1, 0.15) is 11.4 Å². The van der Waals surface area contributed by atoms with Crippen LogP contribution < -0.4 is 10.1 Å². The van der Waals surface area contributed by atoms with Crippen LogP contribution in [0.15, 0.2) is 42.6 Å². The van der Waals surface area contributed by atoms with Crippen molar-refractivity contribution >= 4 is 11.8 Å². The minimum atomic E-state index is -0.199. The predicted molar refractivity (Wildman–Crippen MR) is 112 cm³/mol. The van der Waals surface area contributed by atoms with Crippen LogP contribution in [-0.4, -0.2) is 47.9 Å². The second-order valence-corrected chi connectivity index (χ2v) is 7.34. The normalized spacial score (nSPS) is 16.3. The lowest BCUT2D eigenvalue weighted by atomic mass is 9.99. The molecule has 0 aliphatic carbocycles. The fourth-order valence-electron chi connectivity index (χ4n) is 3.78. The summed E-state index contributed by atoms with van der Waals surface area (Å²) in [6.45, 7) is 3.37. The highest BCUT2D eigenvalue weighted by atomic mass is 16.5. The number of likely N-dealkylation sites (tertiary alicyclic amines) is 1. The number of nitrogens with one attached hydrogen (secondary N) is 1. The van der Waals surface area contributed by atoms with E-state index in [1.165, 1.54) is 6.20 Å². The van der Waals surface area contributed by atoms with Gasteiger partial charge in [-0.2, -0.15) is 0 Å². The summed E-state index contributed by atoms with van der Waals surface area (Å²) in [7, 11) is 1.63. The molecule has 1 fully saturated rings. The van der Waals surface area contributed by atoms with Crippen LogP contribution in [-0.2, 0) is 6.42 Å². The van der Waals surface area contributed by atoms with Crippen LogP contribution in [0.2, 0.25) is 0 Å². The van der Waals surface area contributed by atoms with Gasteiger partial charge in [0.25, 0.3) is 11.8 Å². The maximum absolute atomic E-state index is 12.9. The van der Waals surface area contributed by atoms with Gasteiger partial charge in [0.2, 0.25) is 0 Å². The summed E-state index contributed by atoms with van der Waals surface area (Å²) in [5, 5.41) is 2.92. The lowest BCUT2D eigenvalue weighted by molar-refractivity contribution is 0.0602. The van der Waals surface area contributed by atoms with Crippen LogP contribution >= 0.6 is 0 Å². The monoisotopic (exact) mass is 395 g/mol. The van der Waals surface area contributed by atoms with Gasteiger partial charge in [-0.15, -0.1) is 0 Å². The standard InChI is InChI=1S/C23H29N3O3/c1-3-19-8-4-5-14-26(19)23(28)21-16-18(11-13-24-21)22(27)25-12-10-17-7-6-9-20(15-17)29-2/h6-7,9,11,13,15-16,19H,3-5,8,10,12,14H2,1-2H3,(H,25,27). The Morgan fingerprint density at radius 3 is 2.90 bits per heavy atom. The van der Waals surface area contributed by atoms with Crippen molar-refractivity contribution in [3.05, 3.63) is 59.4 Å². The van der Waals surface area contributed by atoms with Gasteiger partial charge in [0.15, 0.2) is 0 Å². The van der Waals surface area contributed by atoms with Crippen molar-refractivity contribution in [2.24, 2.45) is 0 Å². The third-order valence-electron chi connectivity index (χ3n) is 5.43. The van der Waals surface area contributed by atoms with Crippen molar-refractivity contribution in [2.45, 2.75) is 45.1 Å². The number of carbonyl (C=O) groups excluding carboxylic acids is 2. The SMILES string of the molecule is CCC1CCCCN1C(=O)c1cc(C(=O)NCCc2cccc(OC)c2)ccn1. The molecule has 6 nitrogen and oxygen atoms in total. The molecule has 0 saturated carbocycles. The largest absolute Gasteiger partial charge is 0.497 e. The van der Waals surface area contributed by atoms with Crippen LogP contribution in [0, 0.1) is 0 Å². The second-order valence-electron chi connectivity index (χ2n) is 7.34. The molecule has 0 radical (unpaired) electrons. The molecule has 2 heterocycles. The molecule has 6 heteroatoms. The first kappa shape index (κ1) is 20.8. The van der Waals surface area contributed by atoms with E-state index in [2.05, 4.69) is 17.2 Å². The number of carbonyl (C=O) groups is 2. The molecule has 29 heavy (non-hydrogen) atoms. The Kier molecular flexibility index (Phi) is 7.22. The van der Waals surface area contributed by atoms with Gasteiger partial charge in [0, 0.05) is 30.9 Å². The Balaban J connectivity index is 1.60. The number of ether oxygens (including phenoxy) is 1. The molecule has 1 N–H and O–H groups in total. The molecule has 2 aromatic rings. The van der Waals surface area contributed by atoms with E-state index >= 15 is 0 Å². The van der Waals surface area contributed by atoms with Crippen molar-refractivity contribution < 1.29 is 14.3 Å². The lowest BCUT2D eigenvalue weighted by Gasteiger charge is -2.35. The van der Waals surface area contributed by atoms with E-state index in [0.717, 1.165) is 43.5 Å². The number of hydrogen-bond donors (Lipinski definition) is 1.